The Morgan fingerprint density at radius 3 is 2.45 bits per heavy atom. The van der Waals surface area contributed by atoms with Gasteiger partial charge in [-0.25, -0.2) is 0 Å². The molecule has 0 unspecified atom stereocenters. The van der Waals surface area contributed by atoms with E-state index in [1.165, 1.54) is 0 Å². The molecule has 0 N–H and O–H groups in total. The zero-order valence-electron chi connectivity index (χ0n) is 18.2. The molecule has 0 atom stereocenters. The zero-order chi connectivity index (χ0) is 21.9. The molecule has 1 heterocycles. The van der Waals surface area contributed by atoms with Gasteiger partial charge in [0.15, 0.2) is 11.5 Å². The van der Waals surface area contributed by atoms with Crippen molar-refractivity contribution in [1.29, 1.82) is 0 Å². The van der Waals surface area contributed by atoms with Crippen LogP contribution in [0.5, 0.6) is 17.2 Å². The predicted molar refractivity (Wildman–Crippen MR) is 123 cm³/mol. The molecule has 0 saturated heterocycles. The average Bonchev–Trinajstić information content (AvgIpc) is 3.26. The van der Waals surface area contributed by atoms with Gasteiger partial charge in [-0.05, 0) is 56.9 Å². The van der Waals surface area contributed by atoms with E-state index in [-0.39, 0.29) is 0 Å². The molecule has 1 aromatic heterocycles. The monoisotopic (exact) mass is 443 g/mol. The van der Waals surface area contributed by atoms with Gasteiger partial charge in [-0.1, -0.05) is 12.1 Å². The van der Waals surface area contributed by atoms with E-state index >= 15 is 0 Å². The Kier molecular flexibility index (Phi) is 9.05. The highest BCUT2D eigenvalue weighted by atomic mass is 32.2. The summed E-state index contributed by atoms with van der Waals surface area (Å²) in [6.45, 7) is 2.27. The van der Waals surface area contributed by atoms with E-state index < -0.39 is 0 Å². The third-order valence-electron chi connectivity index (χ3n) is 4.37. The van der Waals surface area contributed by atoms with Crippen LogP contribution in [-0.2, 0) is 5.75 Å². The topological polar surface area (TPSA) is 69.8 Å². The van der Waals surface area contributed by atoms with Crippen molar-refractivity contribution in [3.05, 3.63) is 54.4 Å². The molecule has 0 fully saturated rings. The molecule has 2 aromatic carbocycles. The molecule has 7 nitrogen and oxygen atoms in total. The molecule has 31 heavy (non-hydrogen) atoms. The van der Waals surface area contributed by atoms with Gasteiger partial charge in [0.1, 0.15) is 5.75 Å². The Balaban J connectivity index is 1.39. The Bertz CT molecular complexity index is 915. The van der Waals surface area contributed by atoms with Crippen LogP contribution in [0.15, 0.2) is 52.9 Å². The van der Waals surface area contributed by atoms with E-state index in [1.807, 2.05) is 48.5 Å². The van der Waals surface area contributed by atoms with Crippen molar-refractivity contribution in [2.24, 2.45) is 0 Å². The van der Waals surface area contributed by atoms with Crippen LogP contribution in [0.25, 0.3) is 11.5 Å². The minimum Gasteiger partial charge on any atom is -0.494 e. The standard InChI is InChI=1S/C23H29N3O4S/c1-26(2)13-6-14-28-19-11-9-18(10-12-19)23-25-24-22(30-23)17-31-16-15-29-21-8-5-4-7-20(21)27-3/h4-5,7-12H,6,13-17H2,1-3H3. The summed E-state index contributed by atoms with van der Waals surface area (Å²) in [5.74, 6) is 4.87. The highest BCUT2D eigenvalue weighted by Crippen LogP contribution is 2.26. The van der Waals surface area contributed by atoms with Crippen molar-refractivity contribution in [1.82, 2.24) is 15.1 Å². The molecule has 0 bridgehead atoms. The lowest BCUT2D eigenvalue weighted by atomic mass is 10.2. The highest BCUT2D eigenvalue weighted by molar-refractivity contribution is 7.98. The van der Waals surface area contributed by atoms with Crippen LogP contribution in [0.4, 0.5) is 0 Å². The number of para-hydroxylation sites is 2. The summed E-state index contributed by atoms with van der Waals surface area (Å²) < 4.78 is 22.6. The summed E-state index contributed by atoms with van der Waals surface area (Å²) in [7, 11) is 5.75. The van der Waals surface area contributed by atoms with E-state index in [0.29, 0.717) is 30.7 Å². The summed E-state index contributed by atoms with van der Waals surface area (Å²) in [6.07, 6.45) is 0.989. The number of rotatable bonds is 13. The first-order chi connectivity index (χ1) is 15.2. The molecule has 0 aliphatic heterocycles. The molecule has 3 rings (SSSR count). The van der Waals surface area contributed by atoms with Gasteiger partial charge in [0.25, 0.3) is 0 Å². The second-order valence-corrected chi connectivity index (χ2v) is 8.19. The summed E-state index contributed by atoms with van der Waals surface area (Å²) in [5, 5.41) is 8.30. The molecule has 0 radical (unpaired) electrons. The van der Waals surface area contributed by atoms with Crippen LogP contribution >= 0.6 is 11.8 Å². The third kappa shape index (κ3) is 7.48. The number of thioether (sulfide) groups is 1. The first kappa shape index (κ1) is 23.0. The minimum atomic E-state index is 0.514. The molecule has 0 aliphatic rings. The molecular weight excluding hydrogens is 414 g/mol. The first-order valence-electron chi connectivity index (χ1n) is 10.2. The van der Waals surface area contributed by atoms with Crippen molar-refractivity contribution in [2.75, 3.05) is 46.7 Å². The summed E-state index contributed by atoms with van der Waals surface area (Å²) >= 11 is 1.68. The average molecular weight is 444 g/mol. The number of hydrogen-bond acceptors (Lipinski definition) is 8. The van der Waals surface area contributed by atoms with Crippen LogP contribution in [0.1, 0.15) is 12.3 Å². The number of nitrogens with zero attached hydrogens (tertiary/aromatic N) is 3. The van der Waals surface area contributed by atoms with Gasteiger partial charge in [0.05, 0.1) is 26.1 Å². The van der Waals surface area contributed by atoms with Gasteiger partial charge in [-0.15, -0.1) is 22.0 Å². The lowest BCUT2D eigenvalue weighted by Crippen LogP contribution is -2.15. The summed E-state index contributed by atoms with van der Waals surface area (Å²) in [4.78, 5) is 2.14. The SMILES string of the molecule is COc1ccccc1OCCSCc1nnc(-c2ccc(OCCCN(C)C)cc2)o1. The van der Waals surface area contributed by atoms with Crippen molar-refractivity contribution < 1.29 is 18.6 Å². The second kappa shape index (κ2) is 12.2. The van der Waals surface area contributed by atoms with Crippen molar-refractivity contribution in [3.8, 4) is 28.7 Å². The maximum atomic E-state index is 5.79. The normalized spacial score (nSPS) is 11.0. The lowest BCUT2D eigenvalue weighted by molar-refractivity contribution is 0.281. The van der Waals surface area contributed by atoms with Crippen LogP contribution in [0.3, 0.4) is 0 Å². The van der Waals surface area contributed by atoms with E-state index in [4.69, 9.17) is 18.6 Å². The smallest absolute Gasteiger partial charge is 0.247 e. The molecule has 0 saturated carbocycles. The van der Waals surface area contributed by atoms with Crippen molar-refractivity contribution in [2.45, 2.75) is 12.2 Å². The van der Waals surface area contributed by atoms with E-state index in [9.17, 15) is 0 Å². The fourth-order valence-corrected chi connectivity index (χ4v) is 3.44. The van der Waals surface area contributed by atoms with Crippen LogP contribution < -0.4 is 14.2 Å². The number of hydrogen-bond donors (Lipinski definition) is 0. The van der Waals surface area contributed by atoms with Crippen LogP contribution in [-0.4, -0.2) is 61.8 Å². The first-order valence-corrected chi connectivity index (χ1v) is 11.3. The van der Waals surface area contributed by atoms with Crippen molar-refractivity contribution >= 4 is 11.8 Å². The van der Waals surface area contributed by atoms with E-state index in [0.717, 1.165) is 41.5 Å². The van der Waals surface area contributed by atoms with Gasteiger partial charge >= 0.3 is 0 Å². The van der Waals surface area contributed by atoms with Gasteiger partial charge in [0.2, 0.25) is 11.8 Å². The maximum absolute atomic E-state index is 5.79. The van der Waals surface area contributed by atoms with Gasteiger partial charge < -0.3 is 23.5 Å². The van der Waals surface area contributed by atoms with Crippen LogP contribution in [0.2, 0.25) is 0 Å². The van der Waals surface area contributed by atoms with E-state index in [1.54, 1.807) is 18.9 Å². The minimum absolute atomic E-state index is 0.514. The van der Waals surface area contributed by atoms with Crippen LogP contribution in [0, 0.1) is 0 Å². The van der Waals surface area contributed by atoms with E-state index in [2.05, 4.69) is 29.2 Å². The summed E-state index contributed by atoms with van der Waals surface area (Å²) in [6, 6.07) is 15.4. The number of aromatic nitrogens is 2. The number of benzene rings is 2. The summed E-state index contributed by atoms with van der Waals surface area (Å²) in [5.41, 5.74) is 0.879. The lowest BCUT2D eigenvalue weighted by Gasteiger charge is -2.10. The molecular formula is C23H29N3O4S. The number of methoxy groups -OCH3 is 1. The largest absolute Gasteiger partial charge is 0.494 e. The Hall–Kier alpha value is -2.71. The van der Waals surface area contributed by atoms with Gasteiger partial charge in [0, 0.05) is 17.9 Å². The third-order valence-corrected chi connectivity index (χ3v) is 5.27. The fourth-order valence-electron chi connectivity index (χ4n) is 2.80. The molecule has 3 aromatic rings. The quantitative estimate of drug-likeness (QED) is 0.360. The molecule has 166 valence electrons. The van der Waals surface area contributed by atoms with Gasteiger partial charge in [-0.3, -0.25) is 0 Å². The Morgan fingerprint density at radius 2 is 1.71 bits per heavy atom. The second-order valence-electron chi connectivity index (χ2n) is 7.08. The zero-order valence-corrected chi connectivity index (χ0v) is 19.1. The Labute approximate surface area is 187 Å². The van der Waals surface area contributed by atoms with Crippen molar-refractivity contribution in [3.63, 3.8) is 0 Å². The molecule has 0 amide bonds. The molecule has 0 aliphatic carbocycles. The highest BCUT2D eigenvalue weighted by Gasteiger charge is 2.09. The molecule has 8 heteroatoms. The fraction of sp³-hybridized carbons (Fsp3) is 0.391. The number of ether oxygens (including phenoxy) is 3. The Morgan fingerprint density at radius 1 is 0.935 bits per heavy atom. The maximum Gasteiger partial charge on any atom is 0.247 e. The van der Waals surface area contributed by atoms with Gasteiger partial charge in [-0.2, -0.15) is 0 Å². The predicted octanol–water partition coefficient (Wildman–Crippen LogP) is 4.39. The molecule has 0 spiro atoms.